The Labute approximate surface area is 155 Å². The van der Waals surface area contributed by atoms with Crippen LogP contribution in [0.1, 0.15) is 18.3 Å². The number of hydrogen-bond acceptors (Lipinski definition) is 4. The smallest absolute Gasteiger partial charge is 0.422 e. The fourth-order valence-electron chi connectivity index (χ4n) is 2.31. The van der Waals surface area contributed by atoms with Gasteiger partial charge in [-0.1, -0.05) is 19.1 Å². The number of rotatable bonds is 8. The molecule has 0 saturated carbocycles. The van der Waals surface area contributed by atoms with Crippen LogP contribution in [0.5, 0.6) is 5.75 Å². The number of nitrogens with one attached hydrogen (secondary N) is 2. The Kier molecular flexibility index (Phi) is 7.44. The van der Waals surface area contributed by atoms with Gasteiger partial charge in [0, 0.05) is 33.1 Å². The lowest BCUT2D eigenvalue weighted by atomic mass is 10.2. The number of aryl methyl sites for hydroxylation is 1. The molecule has 0 atom stereocenters. The van der Waals surface area contributed by atoms with Crippen molar-refractivity contribution in [2.45, 2.75) is 32.6 Å². The van der Waals surface area contributed by atoms with Crippen molar-refractivity contribution >= 4 is 5.96 Å². The van der Waals surface area contributed by atoms with Crippen molar-refractivity contribution in [3.8, 4) is 5.75 Å². The molecule has 1 aromatic heterocycles. The topological polar surface area (TPSA) is 76.4 Å². The van der Waals surface area contributed by atoms with Crippen LogP contribution in [0.3, 0.4) is 0 Å². The highest BCUT2D eigenvalue weighted by Gasteiger charge is 2.28. The van der Waals surface area contributed by atoms with Gasteiger partial charge in [0.1, 0.15) is 17.9 Å². The molecule has 0 fully saturated rings. The fraction of sp³-hybridized carbons (Fsp3) is 0.471. The number of alkyl halides is 3. The molecule has 0 saturated heterocycles. The predicted molar refractivity (Wildman–Crippen MR) is 95.6 cm³/mol. The standard InChI is InChI=1S/C17H23F3N6O/c1-3-15-25-24-12-26(15)9-8-22-16(21-2)23-10-13-4-6-14(7-5-13)27-11-17(18,19)20/h4-7,12H,3,8-11H2,1-2H3,(H2,21,22,23). The van der Waals surface area contributed by atoms with Crippen LogP contribution < -0.4 is 15.4 Å². The van der Waals surface area contributed by atoms with Crippen molar-refractivity contribution in [3.63, 3.8) is 0 Å². The summed E-state index contributed by atoms with van der Waals surface area (Å²) in [6, 6.07) is 6.43. The van der Waals surface area contributed by atoms with Crippen molar-refractivity contribution in [3.05, 3.63) is 42.0 Å². The van der Waals surface area contributed by atoms with Gasteiger partial charge in [0.2, 0.25) is 0 Å². The number of guanidine groups is 1. The number of aromatic nitrogens is 3. The molecule has 0 spiro atoms. The van der Waals surface area contributed by atoms with E-state index in [4.69, 9.17) is 0 Å². The van der Waals surface area contributed by atoms with Gasteiger partial charge >= 0.3 is 6.18 Å². The highest BCUT2D eigenvalue weighted by Crippen LogP contribution is 2.18. The maximum Gasteiger partial charge on any atom is 0.422 e. The van der Waals surface area contributed by atoms with Gasteiger partial charge in [-0.05, 0) is 17.7 Å². The molecule has 10 heteroatoms. The number of aliphatic imine (C=N–C) groups is 1. The minimum atomic E-state index is -4.34. The molecule has 0 amide bonds. The molecule has 27 heavy (non-hydrogen) atoms. The molecule has 7 nitrogen and oxygen atoms in total. The van der Waals surface area contributed by atoms with Gasteiger partial charge in [-0.3, -0.25) is 4.99 Å². The maximum atomic E-state index is 12.1. The highest BCUT2D eigenvalue weighted by molar-refractivity contribution is 5.79. The zero-order chi connectivity index (χ0) is 19.7. The summed E-state index contributed by atoms with van der Waals surface area (Å²) < 4.78 is 43.1. The largest absolute Gasteiger partial charge is 0.484 e. The molecular formula is C17H23F3N6O. The Morgan fingerprint density at radius 2 is 1.96 bits per heavy atom. The summed E-state index contributed by atoms with van der Waals surface area (Å²) in [5, 5.41) is 14.3. The zero-order valence-electron chi connectivity index (χ0n) is 15.3. The lowest BCUT2D eigenvalue weighted by molar-refractivity contribution is -0.153. The first-order valence-corrected chi connectivity index (χ1v) is 8.51. The number of ether oxygens (including phenoxy) is 1. The minimum Gasteiger partial charge on any atom is -0.484 e. The summed E-state index contributed by atoms with van der Waals surface area (Å²) in [6.45, 7) is 2.56. The molecule has 0 unspecified atom stereocenters. The second-order valence-electron chi connectivity index (χ2n) is 5.69. The third kappa shape index (κ3) is 7.16. The third-order valence-corrected chi connectivity index (χ3v) is 3.67. The summed E-state index contributed by atoms with van der Waals surface area (Å²) in [7, 11) is 1.67. The van der Waals surface area contributed by atoms with E-state index in [1.54, 1.807) is 25.5 Å². The van der Waals surface area contributed by atoms with Crippen molar-refractivity contribution in [1.29, 1.82) is 0 Å². The molecule has 1 aromatic carbocycles. The Hall–Kier alpha value is -2.78. The van der Waals surface area contributed by atoms with E-state index in [2.05, 4.69) is 30.6 Å². The molecule has 0 radical (unpaired) electrons. The van der Waals surface area contributed by atoms with Gasteiger partial charge in [-0.25, -0.2) is 0 Å². The predicted octanol–water partition coefficient (Wildman–Crippen LogP) is 2.15. The first kappa shape index (κ1) is 20.5. The number of nitrogens with zero attached hydrogens (tertiary/aromatic N) is 4. The Morgan fingerprint density at radius 3 is 2.59 bits per heavy atom. The molecule has 0 aliphatic rings. The van der Waals surface area contributed by atoms with Crippen molar-refractivity contribution in [2.75, 3.05) is 20.2 Å². The Bertz CT molecular complexity index is 727. The molecule has 1 heterocycles. The van der Waals surface area contributed by atoms with E-state index in [0.29, 0.717) is 25.6 Å². The van der Waals surface area contributed by atoms with Crippen LogP contribution in [0, 0.1) is 0 Å². The third-order valence-electron chi connectivity index (χ3n) is 3.67. The van der Waals surface area contributed by atoms with Gasteiger partial charge < -0.3 is 19.9 Å². The number of benzene rings is 1. The van der Waals surface area contributed by atoms with Crippen LogP contribution in [0.25, 0.3) is 0 Å². The van der Waals surface area contributed by atoms with Gasteiger partial charge in [0.15, 0.2) is 12.6 Å². The van der Waals surface area contributed by atoms with Crippen LogP contribution >= 0.6 is 0 Å². The maximum absolute atomic E-state index is 12.1. The van der Waals surface area contributed by atoms with Crippen molar-refractivity contribution in [2.24, 2.45) is 4.99 Å². The van der Waals surface area contributed by atoms with E-state index >= 15 is 0 Å². The first-order valence-electron chi connectivity index (χ1n) is 8.51. The number of hydrogen-bond donors (Lipinski definition) is 2. The number of halogens is 3. The molecule has 2 rings (SSSR count). The van der Waals surface area contributed by atoms with E-state index in [1.165, 1.54) is 12.1 Å². The first-order chi connectivity index (χ1) is 12.9. The highest BCUT2D eigenvalue weighted by atomic mass is 19.4. The molecule has 0 aliphatic heterocycles. The fourth-order valence-corrected chi connectivity index (χ4v) is 2.31. The quantitative estimate of drug-likeness (QED) is 0.539. The summed E-state index contributed by atoms with van der Waals surface area (Å²) in [5.41, 5.74) is 0.893. The molecule has 0 aliphatic carbocycles. The van der Waals surface area contributed by atoms with Crippen LogP contribution in [0.2, 0.25) is 0 Å². The lowest BCUT2D eigenvalue weighted by Crippen LogP contribution is -2.38. The van der Waals surface area contributed by atoms with Gasteiger partial charge in [-0.15, -0.1) is 10.2 Å². The Morgan fingerprint density at radius 1 is 1.22 bits per heavy atom. The van der Waals surface area contributed by atoms with E-state index in [1.807, 2.05) is 11.5 Å². The van der Waals surface area contributed by atoms with Crippen LogP contribution in [0.15, 0.2) is 35.6 Å². The van der Waals surface area contributed by atoms with Crippen molar-refractivity contribution in [1.82, 2.24) is 25.4 Å². The monoisotopic (exact) mass is 384 g/mol. The van der Waals surface area contributed by atoms with Gasteiger partial charge in [-0.2, -0.15) is 13.2 Å². The van der Waals surface area contributed by atoms with Gasteiger partial charge in [0.05, 0.1) is 0 Å². The van der Waals surface area contributed by atoms with E-state index in [0.717, 1.165) is 17.8 Å². The minimum absolute atomic E-state index is 0.180. The Balaban J connectivity index is 1.75. The van der Waals surface area contributed by atoms with E-state index < -0.39 is 12.8 Å². The van der Waals surface area contributed by atoms with E-state index in [9.17, 15) is 13.2 Å². The normalized spacial score (nSPS) is 12.1. The van der Waals surface area contributed by atoms with Crippen LogP contribution in [0.4, 0.5) is 13.2 Å². The lowest BCUT2D eigenvalue weighted by Gasteiger charge is -2.13. The summed E-state index contributed by atoms with van der Waals surface area (Å²) in [5.74, 6) is 1.73. The summed E-state index contributed by atoms with van der Waals surface area (Å²) in [4.78, 5) is 4.14. The molecule has 0 bridgehead atoms. The van der Waals surface area contributed by atoms with Gasteiger partial charge in [0.25, 0.3) is 0 Å². The average molecular weight is 384 g/mol. The second-order valence-corrected chi connectivity index (χ2v) is 5.69. The SMILES string of the molecule is CCc1nncn1CCNC(=NC)NCc1ccc(OCC(F)(F)F)cc1. The zero-order valence-corrected chi connectivity index (χ0v) is 15.3. The van der Waals surface area contributed by atoms with Crippen LogP contribution in [-0.4, -0.2) is 47.1 Å². The molecule has 148 valence electrons. The van der Waals surface area contributed by atoms with Crippen LogP contribution in [-0.2, 0) is 19.5 Å². The van der Waals surface area contributed by atoms with Crippen molar-refractivity contribution < 1.29 is 17.9 Å². The molecule has 2 aromatic rings. The van der Waals surface area contributed by atoms with E-state index in [-0.39, 0.29) is 5.75 Å². The summed E-state index contributed by atoms with van der Waals surface area (Å²) in [6.07, 6.45) is -1.84. The second kappa shape index (κ2) is 9.79. The average Bonchev–Trinajstić information content (AvgIpc) is 3.10. The molecule has 2 N–H and O–H groups in total. The molecular weight excluding hydrogens is 361 g/mol. The summed E-state index contributed by atoms with van der Waals surface area (Å²) >= 11 is 0.